The van der Waals surface area contributed by atoms with Crippen LogP contribution in [0.4, 0.5) is 17.6 Å². The first kappa shape index (κ1) is 25.2. The van der Waals surface area contributed by atoms with Gasteiger partial charge < -0.3 is 20.4 Å². The Morgan fingerprint density at radius 3 is 2.33 bits per heavy atom. The van der Waals surface area contributed by atoms with Gasteiger partial charge in [0.25, 0.3) is 0 Å². The predicted octanol–water partition coefficient (Wildman–Crippen LogP) is 6.03. The fourth-order valence-corrected chi connectivity index (χ4v) is 6.49. The molecule has 36 heavy (non-hydrogen) atoms. The smallest absolute Gasteiger partial charge is 0.232 e. The molecule has 0 spiro atoms. The fourth-order valence-electron chi connectivity index (χ4n) is 6.33. The molecule has 3 heterocycles. The van der Waals surface area contributed by atoms with Gasteiger partial charge in [-0.05, 0) is 69.7 Å². The lowest BCUT2D eigenvalue weighted by molar-refractivity contribution is 0.435. The molecule has 7 heteroatoms. The number of anilines is 3. The van der Waals surface area contributed by atoms with Crippen molar-refractivity contribution in [2.75, 3.05) is 41.3 Å². The van der Waals surface area contributed by atoms with Crippen molar-refractivity contribution in [3.63, 3.8) is 0 Å². The van der Waals surface area contributed by atoms with E-state index in [4.69, 9.17) is 22.2 Å². The molecule has 194 valence electrons. The zero-order valence-electron chi connectivity index (χ0n) is 21.8. The molecule has 1 saturated carbocycles. The summed E-state index contributed by atoms with van der Waals surface area (Å²) in [6.45, 7) is 6.34. The van der Waals surface area contributed by atoms with Crippen LogP contribution in [0.25, 0.3) is 0 Å². The summed E-state index contributed by atoms with van der Waals surface area (Å²) in [4.78, 5) is 14.8. The summed E-state index contributed by atoms with van der Waals surface area (Å²) < 4.78 is 0. The summed E-state index contributed by atoms with van der Waals surface area (Å²) >= 11 is 5.79. The zero-order valence-corrected chi connectivity index (χ0v) is 22.7. The second-order valence-electron chi connectivity index (χ2n) is 11.0. The molecule has 3 fully saturated rings. The van der Waals surface area contributed by atoms with Gasteiger partial charge in [-0.3, -0.25) is 0 Å². The van der Waals surface area contributed by atoms with Crippen molar-refractivity contribution in [2.24, 2.45) is 0 Å². The van der Waals surface area contributed by atoms with Gasteiger partial charge in [-0.1, -0.05) is 56.0 Å². The molecule has 2 aliphatic heterocycles. The Hall–Kier alpha value is -2.41. The maximum absolute atomic E-state index is 5.79. The molecule has 0 unspecified atom stereocenters. The molecule has 1 aromatic carbocycles. The topological polar surface area (TPSA) is 56.3 Å². The molecule has 1 aliphatic carbocycles. The third-order valence-corrected chi connectivity index (χ3v) is 8.73. The molecule has 0 amide bonds. The summed E-state index contributed by atoms with van der Waals surface area (Å²) in [7, 11) is 0. The number of nitrogens with zero attached hydrogens (tertiary/aromatic N) is 4. The average molecular weight is 507 g/mol. The van der Waals surface area contributed by atoms with Crippen LogP contribution in [0.5, 0.6) is 0 Å². The summed E-state index contributed by atoms with van der Waals surface area (Å²) in [6.07, 6.45) is 13.7. The van der Waals surface area contributed by atoms with E-state index in [0.29, 0.717) is 17.1 Å². The van der Waals surface area contributed by atoms with Crippen molar-refractivity contribution in [1.82, 2.24) is 15.3 Å². The van der Waals surface area contributed by atoms with Gasteiger partial charge in [0.2, 0.25) is 5.95 Å². The lowest BCUT2D eigenvalue weighted by Gasteiger charge is -2.35. The Bertz CT molecular complexity index is 998. The van der Waals surface area contributed by atoms with Crippen molar-refractivity contribution in [2.45, 2.75) is 89.0 Å². The van der Waals surface area contributed by atoms with E-state index in [0.717, 1.165) is 37.8 Å². The molecule has 1 atom stereocenters. The second-order valence-corrected chi connectivity index (χ2v) is 11.4. The summed E-state index contributed by atoms with van der Waals surface area (Å²) in [5, 5.41) is 7.52. The molecule has 1 aromatic heterocycles. The molecule has 5 rings (SSSR count). The van der Waals surface area contributed by atoms with Crippen LogP contribution in [0.2, 0.25) is 0 Å². The average Bonchev–Trinajstić information content (AvgIpc) is 3.23. The monoisotopic (exact) mass is 506 g/mol. The van der Waals surface area contributed by atoms with Crippen LogP contribution in [-0.2, 0) is 5.41 Å². The SMILES string of the molecule is C[C@@H]1CCCCN1c1cc(N2CCCCCC2)nc(NC(=S)NCC2(c3ccccc3)CCCC2)n1. The highest BCUT2D eigenvalue weighted by Gasteiger charge is 2.35. The van der Waals surface area contributed by atoms with Crippen molar-refractivity contribution >= 4 is 34.9 Å². The van der Waals surface area contributed by atoms with Crippen LogP contribution in [0.1, 0.15) is 83.1 Å². The van der Waals surface area contributed by atoms with Gasteiger partial charge in [-0.15, -0.1) is 0 Å². The van der Waals surface area contributed by atoms with E-state index in [9.17, 15) is 0 Å². The van der Waals surface area contributed by atoms with Crippen molar-refractivity contribution in [3.8, 4) is 0 Å². The van der Waals surface area contributed by atoms with Crippen LogP contribution < -0.4 is 20.4 Å². The van der Waals surface area contributed by atoms with Crippen LogP contribution in [0.3, 0.4) is 0 Å². The summed E-state index contributed by atoms with van der Waals surface area (Å²) in [5.74, 6) is 2.67. The maximum atomic E-state index is 5.79. The highest BCUT2D eigenvalue weighted by atomic mass is 32.1. The summed E-state index contributed by atoms with van der Waals surface area (Å²) in [5.41, 5.74) is 1.56. The summed E-state index contributed by atoms with van der Waals surface area (Å²) in [6, 6.07) is 13.6. The lowest BCUT2D eigenvalue weighted by Crippen LogP contribution is -2.41. The van der Waals surface area contributed by atoms with Crippen LogP contribution in [0.15, 0.2) is 36.4 Å². The van der Waals surface area contributed by atoms with Gasteiger partial charge in [0.1, 0.15) is 11.6 Å². The van der Waals surface area contributed by atoms with Gasteiger partial charge >= 0.3 is 0 Å². The molecule has 0 bridgehead atoms. The first-order valence-corrected chi connectivity index (χ1v) is 14.5. The van der Waals surface area contributed by atoms with Crippen molar-refractivity contribution in [1.29, 1.82) is 0 Å². The number of piperidine rings is 1. The zero-order chi connectivity index (χ0) is 24.8. The van der Waals surface area contributed by atoms with Gasteiger partial charge in [0.05, 0.1) is 0 Å². The minimum Gasteiger partial charge on any atom is -0.361 e. The Morgan fingerprint density at radius 1 is 0.917 bits per heavy atom. The molecule has 3 aliphatic rings. The molecular weight excluding hydrogens is 464 g/mol. The highest BCUT2D eigenvalue weighted by Crippen LogP contribution is 2.40. The maximum Gasteiger partial charge on any atom is 0.232 e. The molecule has 2 N–H and O–H groups in total. The minimum atomic E-state index is 0.149. The third kappa shape index (κ3) is 5.93. The number of thiocarbonyl (C=S) groups is 1. The third-order valence-electron chi connectivity index (χ3n) is 8.49. The van der Waals surface area contributed by atoms with E-state index < -0.39 is 0 Å². The Morgan fingerprint density at radius 2 is 1.61 bits per heavy atom. The van der Waals surface area contributed by atoms with E-state index in [1.54, 1.807) is 0 Å². The Kier molecular flexibility index (Phi) is 8.25. The van der Waals surface area contributed by atoms with Gasteiger partial charge in [0, 0.05) is 43.7 Å². The number of aromatic nitrogens is 2. The molecule has 2 aromatic rings. The van der Waals surface area contributed by atoms with E-state index >= 15 is 0 Å². The molecule has 0 radical (unpaired) electrons. The molecule has 2 saturated heterocycles. The van der Waals surface area contributed by atoms with Gasteiger partial charge in [0.15, 0.2) is 5.11 Å². The number of nitrogens with one attached hydrogen (secondary N) is 2. The fraction of sp³-hybridized carbons (Fsp3) is 0.621. The van der Waals surface area contributed by atoms with E-state index in [1.165, 1.54) is 76.2 Å². The first-order chi connectivity index (χ1) is 17.6. The Labute approximate surface area is 222 Å². The van der Waals surface area contributed by atoms with Crippen LogP contribution in [-0.4, -0.2) is 47.3 Å². The first-order valence-electron chi connectivity index (χ1n) is 14.1. The lowest BCUT2D eigenvalue weighted by atomic mass is 9.79. The number of hydrogen-bond acceptors (Lipinski definition) is 5. The van der Waals surface area contributed by atoms with Gasteiger partial charge in [-0.25, -0.2) is 0 Å². The van der Waals surface area contributed by atoms with E-state index in [2.05, 4.69) is 63.8 Å². The predicted molar refractivity (Wildman–Crippen MR) is 154 cm³/mol. The normalized spacial score (nSPS) is 22.2. The quantitative estimate of drug-likeness (QED) is 0.464. The van der Waals surface area contributed by atoms with Gasteiger partial charge in [-0.2, -0.15) is 9.97 Å². The minimum absolute atomic E-state index is 0.149. The van der Waals surface area contributed by atoms with E-state index in [1.807, 2.05) is 0 Å². The second kappa shape index (κ2) is 11.8. The largest absolute Gasteiger partial charge is 0.361 e. The van der Waals surface area contributed by atoms with Crippen LogP contribution >= 0.6 is 12.2 Å². The number of hydrogen-bond donors (Lipinski definition) is 2. The molecule has 6 nitrogen and oxygen atoms in total. The number of benzene rings is 1. The van der Waals surface area contributed by atoms with Crippen molar-refractivity contribution < 1.29 is 0 Å². The molecular formula is C29H42N6S. The standard InChI is InChI=1S/C29H42N6S/c1-23-13-7-12-20-35(23)26-21-25(34-18-10-2-3-11-19-34)31-27(32-26)33-28(36)30-22-29(16-8-9-17-29)24-14-5-4-6-15-24/h4-6,14-15,21,23H,2-3,7-13,16-20,22H2,1H3,(H2,30,31,32,33,36)/t23-/m1/s1. The Balaban J connectivity index is 1.33. The van der Waals surface area contributed by atoms with E-state index in [-0.39, 0.29) is 5.41 Å². The van der Waals surface area contributed by atoms with Crippen LogP contribution in [0, 0.1) is 0 Å². The highest BCUT2D eigenvalue weighted by molar-refractivity contribution is 7.80. The number of rotatable bonds is 6. The van der Waals surface area contributed by atoms with Crippen molar-refractivity contribution in [3.05, 3.63) is 42.0 Å².